The van der Waals surface area contributed by atoms with Crippen LogP contribution in [-0.2, 0) is 4.74 Å². The van der Waals surface area contributed by atoms with Crippen molar-refractivity contribution in [1.82, 2.24) is 4.90 Å². The lowest BCUT2D eigenvalue weighted by molar-refractivity contribution is 0.0186. The van der Waals surface area contributed by atoms with Crippen molar-refractivity contribution in [2.75, 3.05) is 13.1 Å². The number of carbonyl (C=O) groups is 1. The van der Waals surface area contributed by atoms with Gasteiger partial charge in [0.05, 0.1) is 0 Å². The molecule has 1 heterocycles. The summed E-state index contributed by atoms with van der Waals surface area (Å²) in [6, 6.07) is 4.69. The molecule has 2 rings (SSSR count). The third kappa shape index (κ3) is 3.97. The Labute approximate surface area is 131 Å². The highest BCUT2D eigenvalue weighted by Crippen LogP contribution is 2.29. The van der Waals surface area contributed by atoms with E-state index >= 15 is 0 Å². The van der Waals surface area contributed by atoms with Gasteiger partial charge < -0.3 is 15.4 Å². The van der Waals surface area contributed by atoms with Crippen molar-refractivity contribution < 1.29 is 13.9 Å². The Bertz CT molecular complexity index is 554. The van der Waals surface area contributed by atoms with Crippen LogP contribution in [0.1, 0.15) is 44.2 Å². The lowest BCUT2D eigenvalue weighted by Crippen LogP contribution is -2.49. The minimum atomic E-state index is -0.516. The van der Waals surface area contributed by atoms with Crippen LogP contribution in [0.25, 0.3) is 0 Å². The lowest BCUT2D eigenvalue weighted by Gasteiger charge is -2.38. The largest absolute Gasteiger partial charge is 0.444 e. The molecule has 1 aliphatic rings. The average molecular weight is 308 g/mol. The van der Waals surface area contributed by atoms with E-state index < -0.39 is 5.60 Å². The van der Waals surface area contributed by atoms with Gasteiger partial charge in [-0.15, -0.1) is 0 Å². The maximum Gasteiger partial charge on any atom is 0.410 e. The van der Waals surface area contributed by atoms with Gasteiger partial charge in [0.25, 0.3) is 0 Å². The molecule has 0 saturated carbocycles. The quantitative estimate of drug-likeness (QED) is 0.867. The fourth-order valence-electron chi connectivity index (χ4n) is 2.85. The first-order valence-corrected chi connectivity index (χ1v) is 7.67. The number of ether oxygens (including phenoxy) is 1. The van der Waals surface area contributed by atoms with Gasteiger partial charge in [0.1, 0.15) is 11.4 Å². The van der Waals surface area contributed by atoms with E-state index in [1.165, 1.54) is 12.1 Å². The van der Waals surface area contributed by atoms with Crippen LogP contribution >= 0.6 is 0 Å². The molecule has 0 radical (unpaired) electrons. The van der Waals surface area contributed by atoms with Crippen molar-refractivity contribution >= 4 is 6.09 Å². The number of likely N-dealkylation sites (tertiary alicyclic amines) is 1. The summed E-state index contributed by atoms with van der Waals surface area (Å²) in [4.78, 5) is 13.9. The molecule has 1 amide bonds. The van der Waals surface area contributed by atoms with Crippen molar-refractivity contribution in [1.29, 1.82) is 0 Å². The second-order valence-corrected chi connectivity index (χ2v) is 6.99. The molecule has 0 unspecified atom stereocenters. The number of piperidine rings is 1. The van der Waals surface area contributed by atoms with Crippen LogP contribution in [0.4, 0.5) is 9.18 Å². The summed E-state index contributed by atoms with van der Waals surface area (Å²) in [6.45, 7) is 8.51. The SMILES string of the molecule is Cc1cc(F)ccc1[C@H]1CN(C(=O)OC(C)(C)C)CC[C@@H]1N. The molecule has 0 aromatic heterocycles. The molecule has 22 heavy (non-hydrogen) atoms. The van der Waals surface area contributed by atoms with Gasteiger partial charge in [-0.05, 0) is 57.4 Å². The molecule has 122 valence electrons. The molecule has 2 N–H and O–H groups in total. The second kappa shape index (κ2) is 6.24. The monoisotopic (exact) mass is 308 g/mol. The van der Waals surface area contributed by atoms with Crippen molar-refractivity contribution in [2.45, 2.75) is 51.7 Å². The normalized spacial score (nSPS) is 22.5. The van der Waals surface area contributed by atoms with Crippen LogP contribution in [0.15, 0.2) is 18.2 Å². The summed E-state index contributed by atoms with van der Waals surface area (Å²) in [5, 5.41) is 0. The van der Waals surface area contributed by atoms with E-state index in [-0.39, 0.29) is 23.9 Å². The van der Waals surface area contributed by atoms with E-state index in [0.29, 0.717) is 19.5 Å². The van der Waals surface area contributed by atoms with Gasteiger partial charge in [0, 0.05) is 25.0 Å². The number of rotatable bonds is 1. The van der Waals surface area contributed by atoms with Crippen LogP contribution in [0, 0.1) is 12.7 Å². The molecule has 1 fully saturated rings. The van der Waals surface area contributed by atoms with Gasteiger partial charge in [0.15, 0.2) is 0 Å². The van der Waals surface area contributed by atoms with Crippen LogP contribution < -0.4 is 5.73 Å². The highest BCUT2D eigenvalue weighted by Gasteiger charge is 2.33. The predicted octanol–water partition coefficient (Wildman–Crippen LogP) is 3.19. The first-order valence-electron chi connectivity index (χ1n) is 7.67. The second-order valence-electron chi connectivity index (χ2n) is 6.99. The van der Waals surface area contributed by atoms with Crippen molar-refractivity contribution in [2.24, 2.45) is 5.73 Å². The molecule has 0 aliphatic carbocycles. The molecule has 1 aliphatic heterocycles. The molecular formula is C17H25FN2O2. The standard InChI is InChI=1S/C17H25FN2O2/c1-11-9-12(18)5-6-13(11)14-10-20(8-7-15(14)19)16(21)22-17(2,3)4/h5-6,9,14-15H,7-8,10,19H2,1-4H3/t14-,15+/m1/s1. The number of amides is 1. The van der Waals surface area contributed by atoms with Crippen LogP contribution in [-0.4, -0.2) is 35.7 Å². The smallest absolute Gasteiger partial charge is 0.410 e. The van der Waals surface area contributed by atoms with Crippen molar-refractivity contribution in [3.63, 3.8) is 0 Å². The molecule has 2 atom stereocenters. The van der Waals surface area contributed by atoms with Gasteiger partial charge in [-0.3, -0.25) is 0 Å². The van der Waals surface area contributed by atoms with Crippen LogP contribution in [0.2, 0.25) is 0 Å². The zero-order valence-corrected chi connectivity index (χ0v) is 13.7. The summed E-state index contributed by atoms with van der Waals surface area (Å²) >= 11 is 0. The maximum atomic E-state index is 13.3. The Kier molecular flexibility index (Phi) is 4.75. The zero-order chi connectivity index (χ0) is 16.5. The van der Waals surface area contributed by atoms with Gasteiger partial charge in [0.2, 0.25) is 0 Å². The Balaban J connectivity index is 2.16. The van der Waals surface area contributed by atoms with E-state index in [1.54, 1.807) is 11.0 Å². The molecule has 1 aromatic carbocycles. The van der Waals surface area contributed by atoms with Crippen LogP contribution in [0.3, 0.4) is 0 Å². The number of hydrogen-bond donors (Lipinski definition) is 1. The maximum absolute atomic E-state index is 13.3. The number of nitrogens with two attached hydrogens (primary N) is 1. The zero-order valence-electron chi connectivity index (χ0n) is 13.7. The Morgan fingerprint density at radius 1 is 1.41 bits per heavy atom. The highest BCUT2D eigenvalue weighted by atomic mass is 19.1. The van der Waals surface area contributed by atoms with E-state index in [0.717, 1.165) is 11.1 Å². The van der Waals surface area contributed by atoms with E-state index in [4.69, 9.17) is 10.5 Å². The predicted molar refractivity (Wildman–Crippen MR) is 84.3 cm³/mol. The van der Waals surface area contributed by atoms with E-state index in [1.807, 2.05) is 27.7 Å². The molecular weight excluding hydrogens is 283 g/mol. The van der Waals surface area contributed by atoms with Crippen LogP contribution in [0.5, 0.6) is 0 Å². The summed E-state index contributed by atoms with van der Waals surface area (Å²) in [5.41, 5.74) is 7.59. The summed E-state index contributed by atoms with van der Waals surface area (Å²) < 4.78 is 18.7. The first kappa shape index (κ1) is 16.7. The van der Waals surface area contributed by atoms with E-state index in [9.17, 15) is 9.18 Å². The van der Waals surface area contributed by atoms with Gasteiger partial charge in [-0.25, -0.2) is 9.18 Å². The highest BCUT2D eigenvalue weighted by molar-refractivity contribution is 5.68. The van der Waals surface area contributed by atoms with Gasteiger partial charge >= 0.3 is 6.09 Å². The number of hydrogen-bond acceptors (Lipinski definition) is 3. The van der Waals surface area contributed by atoms with Crippen molar-refractivity contribution in [3.8, 4) is 0 Å². The third-order valence-corrected chi connectivity index (χ3v) is 3.95. The van der Waals surface area contributed by atoms with Gasteiger partial charge in [-0.1, -0.05) is 6.07 Å². The molecule has 1 saturated heterocycles. The third-order valence-electron chi connectivity index (χ3n) is 3.95. The average Bonchev–Trinajstić information content (AvgIpc) is 2.38. The fraction of sp³-hybridized carbons (Fsp3) is 0.588. The minimum absolute atomic E-state index is 0.00173. The molecule has 5 heteroatoms. The summed E-state index contributed by atoms with van der Waals surface area (Å²) in [7, 11) is 0. The van der Waals surface area contributed by atoms with Crippen molar-refractivity contribution in [3.05, 3.63) is 35.1 Å². The molecule has 0 spiro atoms. The molecule has 0 bridgehead atoms. The Morgan fingerprint density at radius 2 is 2.09 bits per heavy atom. The minimum Gasteiger partial charge on any atom is -0.444 e. The molecule has 1 aromatic rings. The topological polar surface area (TPSA) is 55.6 Å². The number of carbonyl (C=O) groups excluding carboxylic acids is 1. The Hall–Kier alpha value is -1.62. The Morgan fingerprint density at radius 3 is 2.68 bits per heavy atom. The lowest BCUT2D eigenvalue weighted by atomic mass is 9.84. The first-order chi connectivity index (χ1) is 10.2. The number of nitrogens with zero attached hydrogens (tertiary/aromatic N) is 1. The number of aryl methyl sites for hydroxylation is 1. The summed E-state index contributed by atoms with van der Waals surface area (Å²) in [5.74, 6) is -0.253. The fourth-order valence-corrected chi connectivity index (χ4v) is 2.85. The molecule has 4 nitrogen and oxygen atoms in total. The van der Waals surface area contributed by atoms with E-state index in [2.05, 4.69) is 0 Å². The number of benzene rings is 1. The summed E-state index contributed by atoms with van der Waals surface area (Å²) in [6.07, 6.45) is 0.393. The number of halogens is 1. The van der Waals surface area contributed by atoms with Gasteiger partial charge in [-0.2, -0.15) is 0 Å².